The van der Waals surface area contributed by atoms with E-state index in [0.29, 0.717) is 40.1 Å². The maximum atomic E-state index is 13.5. The van der Waals surface area contributed by atoms with Gasteiger partial charge in [0.25, 0.3) is 5.78 Å². The number of carbonyl (C=O) groups excluding carboxylic acids is 2. The summed E-state index contributed by atoms with van der Waals surface area (Å²) in [6, 6.07) is 30.3. The van der Waals surface area contributed by atoms with Crippen LogP contribution in [0.3, 0.4) is 0 Å². The van der Waals surface area contributed by atoms with Crippen LogP contribution < -0.4 is 14.4 Å². The van der Waals surface area contributed by atoms with E-state index in [0.717, 1.165) is 11.1 Å². The first-order valence-corrected chi connectivity index (χ1v) is 14.2. The highest BCUT2D eigenvalue weighted by atomic mass is 32.1. The second-order valence-electron chi connectivity index (χ2n) is 9.71. The average molecular weight is 575 g/mol. The van der Waals surface area contributed by atoms with Gasteiger partial charge in [0, 0.05) is 17.1 Å². The first-order chi connectivity index (χ1) is 20.5. The van der Waals surface area contributed by atoms with Gasteiger partial charge >= 0.3 is 5.91 Å². The summed E-state index contributed by atoms with van der Waals surface area (Å²) in [7, 11) is 0. The summed E-state index contributed by atoms with van der Waals surface area (Å²) in [5.74, 6) is -0.0458. The fourth-order valence-electron chi connectivity index (χ4n) is 4.85. The van der Waals surface area contributed by atoms with Crippen LogP contribution in [0.15, 0.2) is 120 Å². The molecule has 208 valence electrons. The first kappa shape index (κ1) is 27.0. The van der Waals surface area contributed by atoms with Crippen molar-refractivity contribution < 1.29 is 24.2 Å². The smallest absolute Gasteiger partial charge is 0.301 e. The molecular weight excluding hydrogens is 548 g/mol. The van der Waals surface area contributed by atoms with E-state index in [1.54, 1.807) is 60.1 Å². The second-order valence-corrected chi connectivity index (χ2v) is 10.6. The lowest BCUT2D eigenvalue weighted by Gasteiger charge is -2.23. The number of hydrogen-bond donors (Lipinski definition) is 1. The fraction of sp³-hybridized carbons (Fsp3) is 0.0882. The Morgan fingerprint density at radius 3 is 2.36 bits per heavy atom. The molecule has 2 heterocycles. The van der Waals surface area contributed by atoms with Gasteiger partial charge in [-0.05, 0) is 72.1 Å². The van der Waals surface area contributed by atoms with Crippen molar-refractivity contribution in [3.8, 4) is 17.2 Å². The number of para-hydroxylation sites is 1. The van der Waals surface area contributed by atoms with Crippen molar-refractivity contribution >= 4 is 33.9 Å². The third-order valence-electron chi connectivity index (χ3n) is 7.01. The largest absolute Gasteiger partial charge is 0.507 e. The van der Waals surface area contributed by atoms with Gasteiger partial charge in [0.05, 0.1) is 11.6 Å². The van der Waals surface area contributed by atoms with Crippen LogP contribution in [0.4, 0.5) is 5.13 Å². The zero-order valence-corrected chi connectivity index (χ0v) is 23.5. The molecule has 8 heteroatoms. The molecule has 4 aromatic carbocycles. The number of nitrogens with zero attached hydrogens (tertiary/aromatic N) is 2. The minimum absolute atomic E-state index is 0.0272. The summed E-state index contributed by atoms with van der Waals surface area (Å²) in [6.07, 6.45) is 1.57. The molecule has 0 saturated carbocycles. The van der Waals surface area contributed by atoms with Gasteiger partial charge in [-0.25, -0.2) is 4.98 Å². The molecule has 0 spiro atoms. The number of benzene rings is 4. The van der Waals surface area contributed by atoms with Crippen molar-refractivity contribution in [3.63, 3.8) is 0 Å². The van der Waals surface area contributed by atoms with Gasteiger partial charge in [0.15, 0.2) is 5.13 Å². The van der Waals surface area contributed by atoms with Crippen LogP contribution in [0.25, 0.3) is 5.76 Å². The number of amides is 1. The number of ketones is 1. The first-order valence-electron chi connectivity index (χ1n) is 13.3. The molecule has 0 radical (unpaired) electrons. The minimum Gasteiger partial charge on any atom is -0.507 e. The predicted molar refractivity (Wildman–Crippen MR) is 162 cm³/mol. The number of anilines is 1. The number of aliphatic hydroxyl groups excluding tert-OH is 1. The number of aryl methyl sites for hydroxylation is 1. The summed E-state index contributed by atoms with van der Waals surface area (Å²) in [5, 5.41) is 13.6. The fourth-order valence-corrected chi connectivity index (χ4v) is 5.52. The third-order valence-corrected chi connectivity index (χ3v) is 7.78. The SMILES string of the molecule is Cc1ccccc1COc1ccc(/C(O)=C2\C(=O)C(=O)N(c3nccs3)C2c2cccc(Oc3ccccc3)c2)cc1. The molecule has 1 amide bonds. The van der Waals surface area contributed by atoms with Crippen LogP contribution >= 0.6 is 11.3 Å². The summed E-state index contributed by atoms with van der Waals surface area (Å²) in [6.45, 7) is 2.43. The molecular formula is C34H26N2O5S. The third kappa shape index (κ3) is 5.40. The lowest BCUT2D eigenvalue weighted by atomic mass is 9.95. The Morgan fingerprint density at radius 1 is 0.881 bits per heavy atom. The molecule has 1 atom stereocenters. The molecule has 1 N–H and O–H groups in total. The minimum atomic E-state index is -0.910. The molecule has 42 heavy (non-hydrogen) atoms. The Labute approximate surface area is 246 Å². The van der Waals surface area contributed by atoms with Crippen molar-refractivity contribution in [1.29, 1.82) is 0 Å². The van der Waals surface area contributed by atoms with E-state index in [2.05, 4.69) is 4.98 Å². The van der Waals surface area contributed by atoms with Gasteiger partial charge in [-0.2, -0.15) is 0 Å². The molecule has 1 unspecified atom stereocenters. The van der Waals surface area contributed by atoms with Crippen LogP contribution in [-0.4, -0.2) is 21.8 Å². The molecule has 0 aliphatic carbocycles. The monoisotopic (exact) mass is 574 g/mol. The van der Waals surface area contributed by atoms with Crippen LogP contribution in [0, 0.1) is 6.92 Å². The molecule has 0 bridgehead atoms. The van der Waals surface area contributed by atoms with E-state index in [1.165, 1.54) is 16.2 Å². The number of carbonyl (C=O) groups is 2. The molecule has 1 fully saturated rings. The Morgan fingerprint density at radius 2 is 1.62 bits per heavy atom. The van der Waals surface area contributed by atoms with Gasteiger partial charge in [-0.15, -0.1) is 11.3 Å². The highest BCUT2D eigenvalue weighted by Gasteiger charge is 2.48. The number of Topliss-reactive ketones (excluding diaryl/α,β-unsaturated/α-hetero) is 1. The molecule has 1 saturated heterocycles. The van der Waals surface area contributed by atoms with Crippen LogP contribution in [-0.2, 0) is 16.2 Å². The molecule has 5 aromatic rings. The summed E-state index contributed by atoms with van der Waals surface area (Å²) in [4.78, 5) is 32.4. The summed E-state index contributed by atoms with van der Waals surface area (Å²) < 4.78 is 12.0. The topological polar surface area (TPSA) is 89.0 Å². The lowest BCUT2D eigenvalue weighted by Crippen LogP contribution is -2.29. The van der Waals surface area contributed by atoms with Crippen LogP contribution in [0.5, 0.6) is 17.2 Å². The van der Waals surface area contributed by atoms with Gasteiger partial charge < -0.3 is 14.6 Å². The van der Waals surface area contributed by atoms with Crippen molar-refractivity contribution in [1.82, 2.24) is 4.98 Å². The number of aromatic nitrogens is 1. The molecule has 6 rings (SSSR count). The highest BCUT2D eigenvalue weighted by Crippen LogP contribution is 2.43. The zero-order valence-electron chi connectivity index (χ0n) is 22.6. The van der Waals surface area contributed by atoms with E-state index < -0.39 is 17.7 Å². The molecule has 1 aliphatic heterocycles. The average Bonchev–Trinajstić information content (AvgIpc) is 3.64. The van der Waals surface area contributed by atoms with E-state index in [4.69, 9.17) is 9.47 Å². The zero-order chi connectivity index (χ0) is 29.1. The number of ether oxygens (including phenoxy) is 2. The quantitative estimate of drug-likeness (QED) is 0.118. The Bertz CT molecular complexity index is 1770. The van der Waals surface area contributed by atoms with Crippen LogP contribution in [0.2, 0.25) is 0 Å². The van der Waals surface area contributed by atoms with E-state index in [9.17, 15) is 14.7 Å². The van der Waals surface area contributed by atoms with Crippen molar-refractivity contribution in [2.75, 3.05) is 4.90 Å². The van der Waals surface area contributed by atoms with Gasteiger partial charge in [0.2, 0.25) is 0 Å². The standard InChI is InChI=1S/C34H26N2O5S/c1-22-8-5-6-9-25(22)21-40-26-16-14-23(15-17-26)31(37)29-30(36(33(39)32(29)38)34-35-18-19-42-34)24-10-7-13-28(20-24)41-27-11-3-2-4-12-27/h2-20,30,37H,21H2,1H3/b31-29+. The maximum Gasteiger partial charge on any atom is 0.301 e. The van der Waals surface area contributed by atoms with Crippen molar-refractivity contribution in [2.24, 2.45) is 0 Å². The van der Waals surface area contributed by atoms with E-state index in [1.807, 2.05) is 61.5 Å². The van der Waals surface area contributed by atoms with E-state index in [-0.39, 0.29) is 11.3 Å². The van der Waals surface area contributed by atoms with Crippen molar-refractivity contribution in [3.05, 3.63) is 143 Å². The lowest BCUT2D eigenvalue weighted by molar-refractivity contribution is -0.132. The van der Waals surface area contributed by atoms with Gasteiger partial charge in [0.1, 0.15) is 29.6 Å². The molecule has 1 aliphatic rings. The maximum absolute atomic E-state index is 13.5. The Hall–Kier alpha value is -5.21. The van der Waals surface area contributed by atoms with Crippen LogP contribution in [0.1, 0.15) is 28.3 Å². The van der Waals surface area contributed by atoms with Crippen molar-refractivity contribution in [2.45, 2.75) is 19.6 Å². The Balaban J connectivity index is 1.35. The Kier molecular flexibility index (Phi) is 7.53. The number of aliphatic hydroxyl groups is 1. The number of rotatable bonds is 8. The normalized spacial score (nSPS) is 16.0. The van der Waals surface area contributed by atoms with E-state index >= 15 is 0 Å². The number of thiazole rings is 1. The predicted octanol–water partition coefficient (Wildman–Crippen LogP) is 7.45. The summed E-state index contributed by atoms with van der Waals surface area (Å²) >= 11 is 1.24. The summed E-state index contributed by atoms with van der Waals surface area (Å²) in [5.41, 5.74) is 3.16. The van der Waals surface area contributed by atoms with Gasteiger partial charge in [-0.1, -0.05) is 54.6 Å². The number of hydrogen-bond acceptors (Lipinski definition) is 7. The second kappa shape index (κ2) is 11.7. The molecule has 1 aromatic heterocycles. The van der Waals surface area contributed by atoms with Gasteiger partial charge in [-0.3, -0.25) is 14.5 Å². The molecule has 7 nitrogen and oxygen atoms in total. The highest BCUT2D eigenvalue weighted by molar-refractivity contribution is 7.14.